The summed E-state index contributed by atoms with van der Waals surface area (Å²) in [5, 5.41) is 2.38. The number of methoxy groups -OCH3 is 1. The van der Waals surface area contributed by atoms with E-state index < -0.39 is 0 Å². The van der Waals surface area contributed by atoms with Crippen LogP contribution in [0.5, 0.6) is 0 Å². The van der Waals surface area contributed by atoms with Crippen LogP contribution in [0.4, 0.5) is 0 Å². The fraction of sp³-hybridized carbons (Fsp3) is 0.0500. The number of hydrogen-bond acceptors (Lipinski definition) is 2. The smallest absolute Gasteiger partial charge is 0.339 e. The second kappa shape index (κ2) is 5.80. The predicted octanol–water partition coefficient (Wildman–Crippen LogP) is 5.33. The Morgan fingerprint density at radius 3 is 2.08 bits per heavy atom. The first-order valence-electron chi connectivity index (χ1n) is 7.57. The lowest BCUT2D eigenvalue weighted by Gasteiger charge is -2.10. The molecule has 1 heterocycles. The molecule has 0 amide bonds. The van der Waals surface area contributed by atoms with Crippen molar-refractivity contribution in [3.05, 3.63) is 76.8 Å². The molecule has 4 aromatic rings. The van der Waals surface area contributed by atoms with Crippen LogP contribution in [0.2, 0.25) is 0 Å². The number of halogens is 1. The average molecular weight is 380 g/mol. The maximum absolute atomic E-state index is 12.0. The summed E-state index contributed by atoms with van der Waals surface area (Å²) in [6, 6.07) is 22.3. The van der Waals surface area contributed by atoms with E-state index in [0.717, 1.165) is 21.2 Å². The van der Waals surface area contributed by atoms with E-state index in [1.165, 1.54) is 17.9 Å². The first-order valence-corrected chi connectivity index (χ1v) is 8.36. The highest BCUT2D eigenvalue weighted by Crippen LogP contribution is 2.32. The second-order valence-electron chi connectivity index (χ2n) is 5.53. The number of aromatic nitrogens is 1. The van der Waals surface area contributed by atoms with Crippen molar-refractivity contribution in [2.24, 2.45) is 0 Å². The SMILES string of the molecule is COC(=O)c1cc(-n2c3ccccc3c3ccccc32)ccc1Br. The van der Waals surface area contributed by atoms with Crippen LogP contribution in [0.25, 0.3) is 27.5 Å². The lowest BCUT2D eigenvalue weighted by atomic mass is 10.2. The Balaban J connectivity index is 2.08. The Labute approximate surface area is 147 Å². The molecule has 0 aliphatic rings. The molecule has 0 atom stereocenters. The summed E-state index contributed by atoms with van der Waals surface area (Å²) in [5.41, 5.74) is 3.65. The first kappa shape index (κ1) is 15.0. The summed E-state index contributed by atoms with van der Waals surface area (Å²) in [6.07, 6.45) is 0. The summed E-state index contributed by atoms with van der Waals surface area (Å²) in [7, 11) is 1.39. The summed E-state index contributed by atoms with van der Waals surface area (Å²) in [6.45, 7) is 0. The van der Waals surface area contributed by atoms with E-state index in [2.05, 4.69) is 44.8 Å². The highest BCUT2D eigenvalue weighted by atomic mass is 79.9. The van der Waals surface area contributed by atoms with Crippen molar-refractivity contribution < 1.29 is 9.53 Å². The van der Waals surface area contributed by atoms with Crippen molar-refractivity contribution >= 4 is 43.7 Å². The second-order valence-corrected chi connectivity index (χ2v) is 6.38. The third-order valence-electron chi connectivity index (χ3n) is 4.19. The molecule has 4 rings (SSSR count). The van der Waals surface area contributed by atoms with Gasteiger partial charge >= 0.3 is 5.97 Å². The van der Waals surface area contributed by atoms with E-state index in [0.29, 0.717) is 5.56 Å². The molecule has 0 bridgehead atoms. The zero-order chi connectivity index (χ0) is 16.7. The molecule has 0 aliphatic heterocycles. The van der Waals surface area contributed by atoms with E-state index in [-0.39, 0.29) is 5.97 Å². The van der Waals surface area contributed by atoms with Gasteiger partial charge in [-0.1, -0.05) is 36.4 Å². The van der Waals surface area contributed by atoms with Gasteiger partial charge in [-0.05, 0) is 46.3 Å². The van der Waals surface area contributed by atoms with Crippen molar-refractivity contribution in [2.75, 3.05) is 7.11 Å². The van der Waals surface area contributed by atoms with Crippen LogP contribution in [-0.4, -0.2) is 17.6 Å². The number of para-hydroxylation sites is 2. The Bertz CT molecular complexity index is 1030. The number of carbonyl (C=O) groups excluding carboxylic acids is 1. The molecule has 0 saturated carbocycles. The molecule has 0 radical (unpaired) electrons. The molecule has 118 valence electrons. The zero-order valence-corrected chi connectivity index (χ0v) is 14.6. The normalized spacial score (nSPS) is 11.1. The molecule has 24 heavy (non-hydrogen) atoms. The minimum Gasteiger partial charge on any atom is -0.465 e. The van der Waals surface area contributed by atoms with Gasteiger partial charge in [-0.3, -0.25) is 0 Å². The van der Waals surface area contributed by atoms with Crippen molar-refractivity contribution in [1.82, 2.24) is 4.57 Å². The van der Waals surface area contributed by atoms with Gasteiger partial charge in [0.2, 0.25) is 0 Å². The van der Waals surface area contributed by atoms with Crippen LogP contribution in [0.15, 0.2) is 71.2 Å². The van der Waals surface area contributed by atoms with Crippen LogP contribution >= 0.6 is 15.9 Å². The third kappa shape index (κ3) is 2.22. The van der Waals surface area contributed by atoms with Gasteiger partial charge in [0.05, 0.1) is 23.7 Å². The van der Waals surface area contributed by atoms with E-state index in [1.54, 1.807) is 0 Å². The Kier molecular flexibility index (Phi) is 3.62. The molecular formula is C20H14BrNO2. The van der Waals surface area contributed by atoms with Gasteiger partial charge in [-0.15, -0.1) is 0 Å². The quantitative estimate of drug-likeness (QED) is 0.440. The fourth-order valence-corrected chi connectivity index (χ4v) is 3.53. The van der Waals surface area contributed by atoms with E-state index in [4.69, 9.17) is 4.74 Å². The van der Waals surface area contributed by atoms with Crippen molar-refractivity contribution in [3.63, 3.8) is 0 Å². The standard InChI is InChI=1S/C20H14BrNO2/c1-24-20(23)16-12-13(10-11-17(16)21)22-18-8-4-2-6-14(18)15-7-3-5-9-19(15)22/h2-12H,1H3. The number of ether oxygens (including phenoxy) is 1. The third-order valence-corrected chi connectivity index (χ3v) is 4.89. The number of nitrogens with zero attached hydrogens (tertiary/aromatic N) is 1. The van der Waals surface area contributed by atoms with Crippen LogP contribution < -0.4 is 0 Å². The van der Waals surface area contributed by atoms with E-state index >= 15 is 0 Å². The Morgan fingerprint density at radius 2 is 1.50 bits per heavy atom. The number of esters is 1. The van der Waals surface area contributed by atoms with Crippen molar-refractivity contribution in [3.8, 4) is 5.69 Å². The molecule has 0 unspecified atom stereocenters. The van der Waals surface area contributed by atoms with Crippen LogP contribution in [-0.2, 0) is 4.74 Å². The van der Waals surface area contributed by atoms with Gasteiger partial charge in [0.1, 0.15) is 0 Å². The first-order chi connectivity index (χ1) is 11.7. The maximum atomic E-state index is 12.0. The Hall–Kier alpha value is -2.59. The molecule has 0 spiro atoms. The minimum absolute atomic E-state index is 0.357. The molecule has 0 N–H and O–H groups in total. The van der Waals surface area contributed by atoms with Gasteiger partial charge in [-0.2, -0.15) is 0 Å². The molecule has 3 aromatic carbocycles. The lowest BCUT2D eigenvalue weighted by Crippen LogP contribution is -2.04. The summed E-state index contributed by atoms with van der Waals surface area (Å²) in [4.78, 5) is 12.0. The average Bonchev–Trinajstić information content (AvgIpc) is 2.96. The Morgan fingerprint density at radius 1 is 0.917 bits per heavy atom. The number of rotatable bonds is 2. The topological polar surface area (TPSA) is 31.2 Å². The number of benzene rings is 3. The van der Waals surface area contributed by atoms with Gasteiger partial charge in [0.25, 0.3) is 0 Å². The van der Waals surface area contributed by atoms with Crippen molar-refractivity contribution in [2.45, 2.75) is 0 Å². The van der Waals surface area contributed by atoms with Crippen LogP contribution in [0.1, 0.15) is 10.4 Å². The van der Waals surface area contributed by atoms with Crippen molar-refractivity contribution in [1.29, 1.82) is 0 Å². The highest BCUT2D eigenvalue weighted by molar-refractivity contribution is 9.10. The van der Waals surface area contributed by atoms with Crippen LogP contribution in [0, 0.1) is 0 Å². The minimum atomic E-state index is -0.357. The molecule has 0 fully saturated rings. The number of carbonyl (C=O) groups is 1. The molecular weight excluding hydrogens is 366 g/mol. The lowest BCUT2D eigenvalue weighted by molar-refractivity contribution is 0.0599. The van der Waals surface area contributed by atoms with E-state index in [9.17, 15) is 4.79 Å². The fourth-order valence-electron chi connectivity index (χ4n) is 3.12. The van der Waals surface area contributed by atoms with Gasteiger partial charge in [0.15, 0.2) is 0 Å². The monoisotopic (exact) mass is 379 g/mol. The molecule has 4 heteroatoms. The summed E-state index contributed by atoms with van der Waals surface area (Å²) >= 11 is 3.42. The zero-order valence-electron chi connectivity index (χ0n) is 13.0. The molecule has 0 aliphatic carbocycles. The summed E-state index contributed by atoms with van der Waals surface area (Å²) in [5.74, 6) is -0.357. The van der Waals surface area contributed by atoms with Gasteiger partial charge in [-0.25, -0.2) is 4.79 Å². The predicted molar refractivity (Wildman–Crippen MR) is 99.8 cm³/mol. The maximum Gasteiger partial charge on any atom is 0.339 e. The van der Waals surface area contributed by atoms with E-state index in [1.807, 2.05) is 42.5 Å². The van der Waals surface area contributed by atoms with Crippen LogP contribution in [0.3, 0.4) is 0 Å². The highest BCUT2D eigenvalue weighted by Gasteiger charge is 2.15. The van der Waals surface area contributed by atoms with Gasteiger partial charge in [0, 0.05) is 20.9 Å². The largest absolute Gasteiger partial charge is 0.465 e. The summed E-state index contributed by atoms with van der Waals surface area (Å²) < 4.78 is 7.78. The number of hydrogen-bond donors (Lipinski definition) is 0. The molecule has 0 saturated heterocycles. The molecule has 3 nitrogen and oxygen atoms in total. The molecule has 1 aromatic heterocycles. The number of fused-ring (bicyclic) bond motifs is 3. The van der Waals surface area contributed by atoms with Gasteiger partial charge < -0.3 is 9.30 Å².